The first-order chi connectivity index (χ1) is 14.1. The number of benzene rings is 2. The molecule has 2 rings (SSSR count). The number of para-hydroxylation sites is 2. The van der Waals surface area contributed by atoms with Gasteiger partial charge in [0.15, 0.2) is 5.11 Å². The summed E-state index contributed by atoms with van der Waals surface area (Å²) in [5.74, 6) is 0.0777. The Morgan fingerprint density at radius 3 is 2.45 bits per heavy atom. The largest absolute Gasteiger partial charge is 0.495 e. The normalized spacial score (nSPS) is 10.1. The molecule has 0 saturated carbocycles. The van der Waals surface area contributed by atoms with Crippen LogP contribution in [0.2, 0.25) is 0 Å². The van der Waals surface area contributed by atoms with E-state index in [0.717, 1.165) is 12.8 Å². The lowest BCUT2D eigenvalue weighted by Gasteiger charge is -2.12. The third-order valence-electron chi connectivity index (χ3n) is 4.11. The van der Waals surface area contributed by atoms with E-state index in [1.165, 1.54) is 5.56 Å². The van der Waals surface area contributed by atoms with Crippen LogP contribution in [-0.4, -0.2) is 30.7 Å². The molecule has 0 unspecified atom stereocenters. The van der Waals surface area contributed by atoms with Crippen molar-refractivity contribution in [1.82, 2.24) is 5.32 Å². The summed E-state index contributed by atoms with van der Waals surface area (Å²) in [6, 6.07) is 17.3. The Morgan fingerprint density at radius 1 is 0.966 bits per heavy atom. The number of rotatable bonds is 10. The number of esters is 1. The predicted molar refractivity (Wildman–Crippen MR) is 117 cm³/mol. The second-order valence-electron chi connectivity index (χ2n) is 6.37. The highest BCUT2D eigenvalue weighted by Gasteiger charge is 2.09. The SMILES string of the molecule is COc1ccccc1NC(=S)NC(=O)CCCC(=O)OCCCc1ccccc1. The number of hydrogen-bond donors (Lipinski definition) is 2. The van der Waals surface area contributed by atoms with Crippen LogP contribution in [0.4, 0.5) is 5.69 Å². The number of thiocarbonyl (C=S) groups is 1. The van der Waals surface area contributed by atoms with Crippen molar-refractivity contribution in [2.24, 2.45) is 0 Å². The maximum absolute atomic E-state index is 12.0. The van der Waals surface area contributed by atoms with Gasteiger partial charge in [-0.1, -0.05) is 42.5 Å². The minimum Gasteiger partial charge on any atom is -0.495 e. The second kappa shape index (κ2) is 12.5. The van der Waals surface area contributed by atoms with Gasteiger partial charge in [0, 0.05) is 12.8 Å². The number of amides is 1. The first-order valence-electron chi connectivity index (χ1n) is 9.52. The molecule has 29 heavy (non-hydrogen) atoms. The van der Waals surface area contributed by atoms with E-state index in [-0.39, 0.29) is 29.8 Å². The van der Waals surface area contributed by atoms with Crippen molar-refractivity contribution in [2.75, 3.05) is 19.0 Å². The third-order valence-corrected chi connectivity index (χ3v) is 4.31. The maximum atomic E-state index is 12.0. The zero-order valence-electron chi connectivity index (χ0n) is 16.5. The minimum atomic E-state index is -0.291. The van der Waals surface area contributed by atoms with Crippen LogP contribution in [0.25, 0.3) is 0 Å². The van der Waals surface area contributed by atoms with Gasteiger partial charge >= 0.3 is 5.97 Å². The lowest BCUT2D eigenvalue weighted by atomic mass is 10.1. The monoisotopic (exact) mass is 414 g/mol. The van der Waals surface area contributed by atoms with E-state index in [9.17, 15) is 9.59 Å². The fourth-order valence-electron chi connectivity index (χ4n) is 2.66. The highest BCUT2D eigenvalue weighted by atomic mass is 32.1. The van der Waals surface area contributed by atoms with Crippen molar-refractivity contribution < 1.29 is 19.1 Å². The number of ether oxygens (including phenoxy) is 2. The van der Waals surface area contributed by atoms with Crippen LogP contribution in [-0.2, 0) is 20.7 Å². The van der Waals surface area contributed by atoms with Crippen molar-refractivity contribution in [3.63, 3.8) is 0 Å². The lowest BCUT2D eigenvalue weighted by molar-refractivity contribution is -0.143. The summed E-state index contributed by atoms with van der Waals surface area (Å²) in [5.41, 5.74) is 1.89. The van der Waals surface area contributed by atoms with Crippen LogP contribution in [0.3, 0.4) is 0 Å². The van der Waals surface area contributed by atoms with Crippen molar-refractivity contribution in [3.8, 4) is 5.75 Å². The minimum absolute atomic E-state index is 0.183. The number of hydrogen-bond acceptors (Lipinski definition) is 5. The van der Waals surface area contributed by atoms with Crippen LogP contribution in [0, 0.1) is 0 Å². The molecule has 7 heteroatoms. The first kappa shape index (κ1) is 22.4. The highest BCUT2D eigenvalue weighted by Crippen LogP contribution is 2.22. The fourth-order valence-corrected chi connectivity index (χ4v) is 2.89. The van der Waals surface area contributed by atoms with E-state index in [0.29, 0.717) is 24.5 Å². The molecule has 0 aromatic heterocycles. The molecule has 2 aromatic carbocycles. The number of anilines is 1. The zero-order valence-corrected chi connectivity index (χ0v) is 17.3. The van der Waals surface area contributed by atoms with Crippen LogP contribution in [0.1, 0.15) is 31.2 Å². The molecular weight excluding hydrogens is 388 g/mol. The molecule has 0 saturated heterocycles. The summed E-state index contributed by atoms with van der Waals surface area (Å²) in [4.78, 5) is 23.7. The van der Waals surface area contributed by atoms with Crippen LogP contribution in [0.5, 0.6) is 5.75 Å². The molecule has 0 aliphatic rings. The van der Waals surface area contributed by atoms with Gasteiger partial charge in [-0.05, 0) is 49.2 Å². The van der Waals surface area contributed by atoms with Gasteiger partial charge in [0.05, 0.1) is 19.4 Å². The highest BCUT2D eigenvalue weighted by molar-refractivity contribution is 7.80. The molecule has 2 N–H and O–H groups in total. The van der Waals surface area contributed by atoms with Crippen molar-refractivity contribution in [3.05, 3.63) is 60.2 Å². The summed E-state index contributed by atoms with van der Waals surface area (Å²) >= 11 is 5.14. The second-order valence-corrected chi connectivity index (χ2v) is 6.77. The molecule has 1 amide bonds. The molecule has 2 aromatic rings. The predicted octanol–water partition coefficient (Wildman–Crippen LogP) is 3.85. The van der Waals surface area contributed by atoms with Gasteiger partial charge in [0.25, 0.3) is 0 Å². The van der Waals surface area contributed by atoms with Gasteiger partial charge in [-0.15, -0.1) is 0 Å². The van der Waals surface area contributed by atoms with Crippen LogP contribution >= 0.6 is 12.2 Å². The number of methoxy groups -OCH3 is 1. The molecule has 0 heterocycles. The zero-order chi connectivity index (χ0) is 20.9. The number of nitrogens with one attached hydrogen (secondary N) is 2. The Kier molecular flexibility index (Phi) is 9.65. The molecule has 0 spiro atoms. The molecule has 6 nitrogen and oxygen atoms in total. The van der Waals surface area contributed by atoms with Gasteiger partial charge in [0.1, 0.15) is 5.75 Å². The van der Waals surface area contributed by atoms with E-state index >= 15 is 0 Å². The molecule has 0 aliphatic heterocycles. The van der Waals surface area contributed by atoms with E-state index in [1.54, 1.807) is 19.2 Å². The van der Waals surface area contributed by atoms with Crippen molar-refractivity contribution in [2.45, 2.75) is 32.1 Å². The van der Waals surface area contributed by atoms with Gasteiger partial charge < -0.3 is 20.1 Å². The number of aryl methyl sites for hydroxylation is 1. The van der Waals surface area contributed by atoms with E-state index in [4.69, 9.17) is 21.7 Å². The molecule has 0 aliphatic carbocycles. The summed E-state index contributed by atoms with van der Waals surface area (Å²) in [6.07, 6.45) is 2.44. The van der Waals surface area contributed by atoms with Crippen molar-refractivity contribution >= 4 is 34.9 Å². The standard InChI is InChI=1S/C22H26N2O4S/c1-27-19-13-6-5-12-18(19)23-22(29)24-20(25)14-7-15-21(26)28-16-8-11-17-9-3-2-4-10-17/h2-6,9-10,12-13H,7-8,11,14-16H2,1H3,(H2,23,24,25,29). The van der Waals surface area contributed by atoms with E-state index in [2.05, 4.69) is 10.6 Å². The average molecular weight is 415 g/mol. The van der Waals surface area contributed by atoms with Crippen LogP contribution < -0.4 is 15.4 Å². The Hall–Kier alpha value is -2.93. The summed E-state index contributed by atoms with van der Waals surface area (Å²) < 4.78 is 10.4. The lowest BCUT2D eigenvalue weighted by Crippen LogP contribution is -2.34. The van der Waals surface area contributed by atoms with E-state index in [1.807, 2.05) is 42.5 Å². The number of carbonyl (C=O) groups excluding carboxylic acids is 2. The van der Waals surface area contributed by atoms with Gasteiger partial charge in [-0.25, -0.2) is 0 Å². The Balaban J connectivity index is 1.57. The van der Waals surface area contributed by atoms with Crippen molar-refractivity contribution in [1.29, 1.82) is 0 Å². The molecular formula is C22H26N2O4S. The molecule has 0 radical (unpaired) electrons. The maximum Gasteiger partial charge on any atom is 0.305 e. The van der Waals surface area contributed by atoms with Gasteiger partial charge in [-0.2, -0.15) is 0 Å². The Labute approximate surface area is 176 Å². The summed E-state index contributed by atoms with van der Waals surface area (Å²) in [5, 5.41) is 5.70. The molecule has 0 fully saturated rings. The van der Waals surface area contributed by atoms with E-state index < -0.39 is 0 Å². The molecule has 154 valence electrons. The van der Waals surface area contributed by atoms with Gasteiger partial charge in [0.2, 0.25) is 5.91 Å². The quantitative estimate of drug-likeness (QED) is 0.349. The van der Waals surface area contributed by atoms with Crippen LogP contribution in [0.15, 0.2) is 54.6 Å². The smallest absolute Gasteiger partial charge is 0.305 e. The van der Waals surface area contributed by atoms with Gasteiger partial charge in [-0.3, -0.25) is 9.59 Å². The molecule has 0 bridgehead atoms. The first-order valence-corrected chi connectivity index (χ1v) is 9.92. The molecule has 0 atom stereocenters. The Bertz CT molecular complexity index is 811. The Morgan fingerprint density at radius 2 is 1.69 bits per heavy atom. The average Bonchev–Trinajstić information content (AvgIpc) is 2.72. The summed E-state index contributed by atoms with van der Waals surface area (Å²) in [7, 11) is 1.56. The topological polar surface area (TPSA) is 76.7 Å². The fraction of sp³-hybridized carbons (Fsp3) is 0.318. The summed E-state index contributed by atoms with van der Waals surface area (Å²) in [6.45, 7) is 0.382. The third kappa shape index (κ3) is 8.74. The number of carbonyl (C=O) groups is 2.